The number of nitrogens with zero attached hydrogens (tertiary/aromatic N) is 1. The summed E-state index contributed by atoms with van der Waals surface area (Å²) < 4.78 is 42.8. The number of hydrogen-bond donors (Lipinski definition) is 1. The lowest BCUT2D eigenvalue weighted by Gasteiger charge is -2.30. The molecule has 0 aliphatic heterocycles. The average Bonchev–Trinajstić information content (AvgIpc) is 2.75. The maximum Gasteiger partial charge on any atom is 0.244 e. The summed E-state index contributed by atoms with van der Waals surface area (Å²) in [4.78, 5) is 12.8. The molecule has 3 aromatic rings. The van der Waals surface area contributed by atoms with Crippen LogP contribution >= 0.6 is 23.2 Å². The minimum absolute atomic E-state index is 0.0731. The van der Waals surface area contributed by atoms with Gasteiger partial charge in [0.1, 0.15) is 11.9 Å². The second-order valence-electron chi connectivity index (χ2n) is 6.67. The number of carbonyl (C=O) groups is 1. The van der Waals surface area contributed by atoms with Crippen molar-refractivity contribution in [1.29, 1.82) is 0 Å². The Balaban J connectivity index is 2.18. The van der Waals surface area contributed by atoms with Crippen molar-refractivity contribution >= 4 is 39.1 Å². The lowest BCUT2D eigenvalue weighted by Crippen LogP contribution is -2.42. The van der Waals surface area contributed by atoms with Gasteiger partial charge >= 0.3 is 0 Å². The molecule has 0 heterocycles. The van der Waals surface area contributed by atoms with Gasteiger partial charge in [-0.15, -0.1) is 0 Å². The number of likely N-dealkylation sites (N-methyl/N-ethyl adjacent to an activating group) is 1. The Morgan fingerprint density at radius 2 is 1.61 bits per heavy atom. The lowest BCUT2D eigenvalue weighted by molar-refractivity contribution is -0.124. The molecule has 0 aromatic heterocycles. The summed E-state index contributed by atoms with van der Waals surface area (Å²) in [5.74, 6) is -1.23. The van der Waals surface area contributed by atoms with E-state index in [-0.39, 0.29) is 22.0 Å². The van der Waals surface area contributed by atoms with Crippen molar-refractivity contribution in [3.8, 4) is 0 Å². The molecule has 0 unspecified atom stereocenters. The zero-order valence-electron chi connectivity index (χ0n) is 16.4. The third kappa shape index (κ3) is 5.25. The van der Waals surface area contributed by atoms with E-state index in [1.54, 1.807) is 30.3 Å². The van der Waals surface area contributed by atoms with Crippen LogP contribution in [0.2, 0.25) is 10.0 Å². The maximum absolute atomic E-state index is 14.6. The van der Waals surface area contributed by atoms with Crippen LogP contribution in [0, 0.1) is 5.82 Å². The number of benzene rings is 3. The molecule has 3 rings (SSSR count). The summed E-state index contributed by atoms with van der Waals surface area (Å²) in [5.41, 5.74) is 0.514. The van der Waals surface area contributed by atoms with Gasteiger partial charge in [0.05, 0.1) is 4.90 Å². The Morgan fingerprint density at radius 1 is 1.00 bits per heavy atom. The summed E-state index contributed by atoms with van der Waals surface area (Å²) in [7, 11) is -2.82. The first kappa shape index (κ1) is 23.2. The minimum Gasteiger partial charge on any atom is -0.357 e. The van der Waals surface area contributed by atoms with Crippen molar-refractivity contribution in [2.75, 3.05) is 7.05 Å². The zero-order valence-corrected chi connectivity index (χ0v) is 18.8. The second-order valence-corrected chi connectivity index (χ2v) is 9.43. The van der Waals surface area contributed by atoms with Gasteiger partial charge < -0.3 is 5.32 Å². The standard InChI is InChI=1S/C22H19Cl2FN2O3S/c1-26-22(28)21(15-5-3-2-4-6-15)27(14-16-7-8-18(24)13-20(16)25)31(29,30)19-11-9-17(23)10-12-19/h2-13,21H,14H2,1H3,(H,26,28)/t21-/m1/s1. The zero-order chi connectivity index (χ0) is 22.6. The van der Waals surface area contributed by atoms with E-state index in [2.05, 4.69) is 5.32 Å². The normalized spacial score (nSPS) is 12.5. The van der Waals surface area contributed by atoms with Crippen LogP contribution in [0.25, 0.3) is 0 Å². The minimum atomic E-state index is -4.23. The van der Waals surface area contributed by atoms with Gasteiger partial charge in [0.25, 0.3) is 0 Å². The Hall–Kier alpha value is -2.45. The third-order valence-corrected chi connectivity index (χ3v) is 6.97. The van der Waals surface area contributed by atoms with E-state index in [0.29, 0.717) is 10.6 Å². The predicted molar refractivity (Wildman–Crippen MR) is 119 cm³/mol. The largest absolute Gasteiger partial charge is 0.357 e. The highest BCUT2D eigenvalue weighted by atomic mass is 35.5. The second kappa shape index (κ2) is 9.78. The number of sulfonamides is 1. The predicted octanol–water partition coefficient (Wildman–Crippen LogP) is 4.81. The molecule has 0 aliphatic rings. The van der Waals surface area contributed by atoms with Crippen LogP contribution in [0.4, 0.5) is 4.39 Å². The van der Waals surface area contributed by atoms with E-state index in [1.165, 1.54) is 43.4 Å². The van der Waals surface area contributed by atoms with Gasteiger partial charge in [-0.3, -0.25) is 4.79 Å². The highest BCUT2D eigenvalue weighted by molar-refractivity contribution is 7.89. The number of hydrogen-bond acceptors (Lipinski definition) is 3. The van der Waals surface area contributed by atoms with Gasteiger partial charge in [-0.1, -0.05) is 59.6 Å². The fourth-order valence-electron chi connectivity index (χ4n) is 3.10. The number of halogens is 3. The lowest BCUT2D eigenvalue weighted by atomic mass is 10.1. The SMILES string of the molecule is CNC(=O)[C@@H](c1ccccc1)N(Cc1ccc(Cl)cc1F)S(=O)(=O)c1ccc(Cl)cc1. The first-order chi connectivity index (χ1) is 14.7. The molecule has 0 spiro atoms. The monoisotopic (exact) mass is 480 g/mol. The Labute approximate surface area is 190 Å². The molecular weight excluding hydrogens is 462 g/mol. The van der Waals surface area contributed by atoms with Gasteiger partial charge in [0, 0.05) is 29.2 Å². The fraction of sp³-hybridized carbons (Fsp3) is 0.136. The molecule has 0 aliphatic carbocycles. The molecule has 31 heavy (non-hydrogen) atoms. The van der Waals surface area contributed by atoms with Crippen molar-refractivity contribution in [3.63, 3.8) is 0 Å². The summed E-state index contributed by atoms with van der Waals surface area (Å²) in [6, 6.07) is 16.7. The average molecular weight is 481 g/mol. The summed E-state index contributed by atoms with van der Waals surface area (Å²) >= 11 is 11.7. The number of carbonyl (C=O) groups excluding carboxylic acids is 1. The van der Waals surface area contributed by atoms with Gasteiger partial charge in [-0.2, -0.15) is 4.31 Å². The molecule has 0 saturated carbocycles. The van der Waals surface area contributed by atoms with Crippen LogP contribution in [0.5, 0.6) is 0 Å². The van der Waals surface area contributed by atoms with Crippen LogP contribution in [0.15, 0.2) is 77.7 Å². The van der Waals surface area contributed by atoms with E-state index < -0.39 is 27.8 Å². The first-order valence-corrected chi connectivity index (χ1v) is 11.4. The first-order valence-electron chi connectivity index (χ1n) is 9.22. The van der Waals surface area contributed by atoms with E-state index in [9.17, 15) is 17.6 Å². The highest BCUT2D eigenvalue weighted by Crippen LogP contribution is 2.31. The molecule has 0 radical (unpaired) electrons. The Morgan fingerprint density at radius 3 is 2.19 bits per heavy atom. The molecule has 1 N–H and O–H groups in total. The van der Waals surface area contributed by atoms with Gasteiger partial charge in [-0.25, -0.2) is 12.8 Å². The fourth-order valence-corrected chi connectivity index (χ4v) is 4.93. The van der Waals surface area contributed by atoms with E-state index >= 15 is 0 Å². The Kier molecular flexibility index (Phi) is 7.33. The quantitative estimate of drug-likeness (QED) is 0.527. The molecular formula is C22H19Cl2FN2O3S. The van der Waals surface area contributed by atoms with Gasteiger partial charge in [0.15, 0.2) is 0 Å². The summed E-state index contributed by atoms with van der Waals surface area (Å²) in [6.07, 6.45) is 0. The van der Waals surface area contributed by atoms with Crippen LogP contribution in [0.3, 0.4) is 0 Å². The molecule has 0 bridgehead atoms. The van der Waals surface area contributed by atoms with Crippen LogP contribution < -0.4 is 5.32 Å². The van der Waals surface area contributed by atoms with Crippen molar-refractivity contribution in [1.82, 2.24) is 9.62 Å². The van der Waals surface area contributed by atoms with E-state index in [0.717, 1.165) is 10.4 Å². The van der Waals surface area contributed by atoms with Crippen molar-refractivity contribution < 1.29 is 17.6 Å². The number of nitrogens with one attached hydrogen (secondary N) is 1. The smallest absolute Gasteiger partial charge is 0.244 e. The molecule has 0 fully saturated rings. The van der Waals surface area contributed by atoms with Gasteiger partial charge in [0.2, 0.25) is 15.9 Å². The van der Waals surface area contributed by atoms with Crippen molar-refractivity contribution in [2.24, 2.45) is 0 Å². The molecule has 9 heteroatoms. The van der Waals surface area contributed by atoms with Crippen LogP contribution in [0.1, 0.15) is 17.2 Å². The van der Waals surface area contributed by atoms with Gasteiger partial charge in [-0.05, 0) is 42.0 Å². The highest BCUT2D eigenvalue weighted by Gasteiger charge is 2.37. The topological polar surface area (TPSA) is 66.5 Å². The third-order valence-electron chi connectivity index (χ3n) is 4.66. The molecule has 162 valence electrons. The summed E-state index contributed by atoms with van der Waals surface area (Å²) in [5, 5.41) is 3.05. The number of rotatable bonds is 7. The molecule has 1 amide bonds. The number of amides is 1. The van der Waals surface area contributed by atoms with Crippen LogP contribution in [-0.4, -0.2) is 25.7 Å². The maximum atomic E-state index is 14.6. The molecule has 3 aromatic carbocycles. The van der Waals surface area contributed by atoms with Crippen molar-refractivity contribution in [2.45, 2.75) is 17.5 Å². The molecule has 5 nitrogen and oxygen atoms in total. The van der Waals surface area contributed by atoms with Crippen molar-refractivity contribution in [3.05, 3.63) is 99.8 Å². The van der Waals surface area contributed by atoms with E-state index in [4.69, 9.17) is 23.2 Å². The van der Waals surface area contributed by atoms with Crippen LogP contribution in [-0.2, 0) is 21.4 Å². The Bertz CT molecular complexity index is 1170. The molecule has 1 atom stereocenters. The molecule has 0 saturated heterocycles. The van der Waals surface area contributed by atoms with E-state index in [1.807, 2.05) is 0 Å². The summed E-state index contributed by atoms with van der Waals surface area (Å²) in [6.45, 7) is -0.388.